The molecule has 3 amide bonds. The lowest BCUT2D eigenvalue weighted by molar-refractivity contribution is -0.142. The van der Waals surface area contributed by atoms with Crippen molar-refractivity contribution in [3.8, 4) is 0 Å². The summed E-state index contributed by atoms with van der Waals surface area (Å²) in [5, 5.41) is 17.1. The van der Waals surface area contributed by atoms with E-state index in [1.54, 1.807) is 0 Å². The number of rotatable bonds is 17. The SMILES string of the molecule is CC(C)CC(N)C(=O)NC(C)C(=O)NC(CCCCN)C(=O)NC(CCCCN)C(=O)O. The van der Waals surface area contributed by atoms with Gasteiger partial charge in [-0.1, -0.05) is 13.8 Å². The van der Waals surface area contributed by atoms with Crippen molar-refractivity contribution in [1.82, 2.24) is 16.0 Å². The molecule has 11 nitrogen and oxygen atoms in total. The molecule has 0 spiro atoms. The van der Waals surface area contributed by atoms with Gasteiger partial charge in [-0.2, -0.15) is 0 Å². The molecule has 0 bridgehead atoms. The predicted octanol–water partition coefficient (Wildman–Crippen LogP) is -0.823. The van der Waals surface area contributed by atoms with Gasteiger partial charge in [0.15, 0.2) is 0 Å². The van der Waals surface area contributed by atoms with E-state index >= 15 is 0 Å². The van der Waals surface area contributed by atoms with Gasteiger partial charge in [0.25, 0.3) is 0 Å². The van der Waals surface area contributed by atoms with Gasteiger partial charge in [-0.05, 0) is 70.9 Å². The Balaban J connectivity index is 5.07. The molecule has 0 aromatic heterocycles. The van der Waals surface area contributed by atoms with E-state index in [1.807, 2.05) is 13.8 Å². The van der Waals surface area contributed by atoms with E-state index in [9.17, 15) is 24.3 Å². The Morgan fingerprint density at radius 1 is 0.750 bits per heavy atom. The van der Waals surface area contributed by atoms with E-state index in [1.165, 1.54) is 6.92 Å². The summed E-state index contributed by atoms with van der Waals surface area (Å²) in [6, 6.07) is -3.67. The molecule has 0 aromatic carbocycles. The molecule has 0 saturated heterocycles. The molecule has 4 atom stereocenters. The Morgan fingerprint density at radius 2 is 1.25 bits per heavy atom. The molecule has 4 unspecified atom stereocenters. The fraction of sp³-hybridized carbons (Fsp3) is 0.810. The first-order valence-electron chi connectivity index (χ1n) is 11.3. The van der Waals surface area contributed by atoms with Crippen LogP contribution in [-0.4, -0.2) is 66.1 Å². The molecule has 0 aliphatic carbocycles. The molecule has 0 rings (SSSR count). The molecule has 11 heteroatoms. The number of hydrogen-bond acceptors (Lipinski definition) is 7. The van der Waals surface area contributed by atoms with Crippen molar-refractivity contribution in [2.45, 2.75) is 89.9 Å². The zero-order valence-corrected chi connectivity index (χ0v) is 19.6. The topological polar surface area (TPSA) is 203 Å². The second-order valence-corrected chi connectivity index (χ2v) is 8.50. The number of nitrogens with one attached hydrogen (secondary N) is 3. The standard InChI is InChI=1S/C21H42N6O5/c1-13(2)12-15(24)19(29)25-14(3)18(28)26-16(8-4-6-10-22)20(30)27-17(21(31)32)9-5-7-11-23/h13-17H,4-12,22-24H2,1-3H3,(H,25,29)(H,26,28)(H,27,30)(H,31,32). The number of amides is 3. The van der Waals surface area contributed by atoms with Gasteiger partial charge in [-0.3, -0.25) is 14.4 Å². The van der Waals surface area contributed by atoms with Crippen molar-refractivity contribution < 1.29 is 24.3 Å². The lowest BCUT2D eigenvalue weighted by Crippen LogP contribution is -2.56. The van der Waals surface area contributed by atoms with E-state index in [0.717, 1.165) is 0 Å². The smallest absolute Gasteiger partial charge is 0.326 e. The second-order valence-electron chi connectivity index (χ2n) is 8.50. The number of unbranched alkanes of at least 4 members (excludes halogenated alkanes) is 2. The summed E-state index contributed by atoms with van der Waals surface area (Å²) in [6.07, 6.45) is 3.42. The highest BCUT2D eigenvalue weighted by molar-refractivity contribution is 5.93. The van der Waals surface area contributed by atoms with E-state index in [0.29, 0.717) is 45.2 Å². The van der Waals surface area contributed by atoms with Gasteiger partial charge in [-0.15, -0.1) is 0 Å². The van der Waals surface area contributed by atoms with Crippen molar-refractivity contribution in [3.05, 3.63) is 0 Å². The number of hydrogen-bond donors (Lipinski definition) is 7. The van der Waals surface area contributed by atoms with Crippen LogP contribution >= 0.6 is 0 Å². The van der Waals surface area contributed by atoms with Crippen LogP contribution in [0.5, 0.6) is 0 Å². The summed E-state index contributed by atoms with van der Waals surface area (Å²) in [6.45, 7) is 6.24. The first-order chi connectivity index (χ1) is 15.0. The second kappa shape index (κ2) is 16.4. The predicted molar refractivity (Wildman–Crippen MR) is 122 cm³/mol. The lowest BCUT2D eigenvalue weighted by Gasteiger charge is -2.24. The average Bonchev–Trinajstić information content (AvgIpc) is 2.71. The molecule has 10 N–H and O–H groups in total. The van der Waals surface area contributed by atoms with Gasteiger partial charge in [0.05, 0.1) is 6.04 Å². The quantitative estimate of drug-likeness (QED) is 0.137. The first-order valence-corrected chi connectivity index (χ1v) is 11.3. The normalized spacial score (nSPS) is 14.8. The first kappa shape index (κ1) is 29.8. The van der Waals surface area contributed by atoms with Crippen LogP contribution < -0.4 is 33.2 Å². The number of aliphatic carboxylic acids is 1. The molecule has 0 radical (unpaired) electrons. The number of nitrogens with two attached hydrogens (primary N) is 3. The van der Waals surface area contributed by atoms with E-state index in [-0.39, 0.29) is 18.8 Å². The Morgan fingerprint density at radius 3 is 1.72 bits per heavy atom. The van der Waals surface area contributed by atoms with Crippen molar-refractivity contribution in [2.24, 2.45) is 23.1 Å². The minimum atomic E-state index is -1.15. The fourth-order valence-corrected chi connectivity index (χ4v) is 3.08. The molecular weight excluding hydrogens is 416 g/mol. The minimum absolute atomic E-state index is 0.225. The number of carbonyl (C=O) groups excluding carboxylic acids is 3. The van der Waals surface area contributed by atoms with Crippen LogP contribution in [0, 0.1) is 5.92 Å². The van der Waals surface area contributed by atoms with Crippen LogP contribution in [-0.2, 0) is 19.2 Å². The van der Waals surface area contributed by atoms with Gasteiger partial charge < -0.3 is 38.3 Å². The summed E-state index contributed by atoms with van der Waals surface area (Å²) >= 11 is 0. The highest BCUT2D eigenvalue weighted by Crippen LogP contribution is 2.06. The monoisotopic (exact) mass is 458 g/mol. The fourth-order valence-electron chi connectivity index (χ4n) is 3.08. The Bertz CT molecular complexity index is 601. The maximum absolute atomic E-state index is 12.7. The molecule has 0 aromatic rings. The summed E-state index contributed by atoms with van der Waals surface area (Å²) in [7, 11) is 0. The maximum atomic E-state index is 12.7. The molecular formula is C21H42N6O5. The highest BCUT2D eigenvalue weighted by Gasteiger charge is 2.28. The summed E-state index contributed by atoms with van der Waals surface area (Å²) in [5.41, 5.74) is 16.8. The zero-order chi connectivity index (χ0) is 24.7. The van der Waals surface area contributed by atoms with Crippen molar-refractivity contribution in [3.63, 3.8) is 0 Å². The average molecular weight is 459 g/mol. The van der Waals surface area contributed by atoms with Crippen molar-refractivity contribution >= 4 is 23.7 Å². The van der Waals surface area contributed by atoms with E-state index in [4.69, 9.17) is 17.2 Å². The number of carboxylic acid groups (broad SMARTS) is 1. The van der Waals surface area contributed by atoms with Crippen LogP contribution in [0.15, 0.2) is 0 Å². The van der Waals surface area contributed by atoms with Crippen LogP contribution in [0.1, 0.15) is 65.7 Å². The molecule has 0 aliphatic rings. The Labute approximate surface area is 190 Å². The number of carboxylic acids is 1. The highest BCUT2D eigenvalue weighted by atomic mass is 16.4. The molecule has 32 heavy (non-hydrogen) atoms. The van der Waals surface area contributed by atoms with Crippen LogP contribution in [0.4, 0.5) is 0 Å². The Hall–Kier alpha value is -2.24. The van der Waals surface area contributed by atoms with Gasteiger partial charge in [0, 0.05) is 0 Å². The summed E-state index contributed by atoms with van der Waals surface area (Å²) in [5.74, 6) is -2.52. The van der Waals surface area contributed by atoms with Crippen LogP contribution in [0.25, 0.3) is 0 Å². The third-order valence-corrected chi connectivity index (χ3v) is 4.96. The molecule has 0 heterocycles. The molecule has 186 valence electrons. The summed E-state index contributed by atoms with van der Waals surface area (Å²) < 4.78 is 0. The van der Waals surface area contributed by atoms with Gasteiger partial charge >= 0.3 is 5.97 Å². The van der Waals surface area contributed by atoms with Crippen molar-refractivity contribution in [2.75, 3.05) is 13.1 Å². The van der Waals surface area contributed by atoms with Gasteiger partial charge in [0.1, 0.15) is 18.1 Å². The third-order valence-electron chi connectivity index (χ3n) is 4.96. The van der Waals surface area contributed by atoms with Crippen LogP contribution in [0.2, 0.25) is 0 Å². The van der Waals surface area contributed by atoms with Crippen LogP contribution in [0.3, 0.4) is 0 Å². The largest absolute Gasteiger partial charge is 0.480 e. The third kappa shape index (κ3) is 12.6. The molecule has 0 fully saturated rings. The minimum Gasteiger partial charge on any atom is -0.480 e. The summed E-state index contributed by atoms with van der Waals surface area (Å²) in [4.78, 5) is 49.0. The number of carbonyl (C=O) groups is 4. The van der Waals surface area contributed by atoms with E-state index in [2.05, 4.69) is 16.0 Å². The molecule has 0 aliphatic heterocycles. The lowest BCUT2D eigenvalue weighted by atomic mass is 10.0. The maximum Gasteiger partial charge on any atom is 0.326 e. The Kier molecular flexibility index (Phi) is 15.3. The van der Waals surface area contributed by atoms with E-state index < -0.39 is 47.9 Å². The van der Waals surface area contributed by atoms with Gasteiger partial charge in [-0.25, -0.2) is 4.79 Å². The zero-order valence-electron chi connectivity index (χ0n) is 19.6. The van der Waals surface area contributed by atoms with Gasteiger partial charge in [0.2, 0.25) is 17.7 Å². The molecule has 0 saturated carbocycles. The van der Waals surface area contributed by atoms with Crippen molar-refractivity contribution in [1.29, 1.82) is 0 Å².